The quantitative estimate of drug-likeness (QED) is 0.812. The summed E-state index contributed by atoms with van der Waals surface area (Å²) in [7, 11) is 1.76. The van der Waals surface area contributed by atoms with E-state index in [9.17, 15) is 9.59 Å². The highest BCUT2D eigenvalue weighted by Gasteiger charge is 2.35. The van der Waals surface area contributed by atoms with Crippen molar-refractivity contribution in [2.45, 2.75) is 26.3 Å². The maximum absolute atomic E-state index is 12.6. The second-order valence-corrected chi connectivity index (χ2v) is 6.68. The Morgan fingerprint density at radius 1 is 1.24 bits per heavy atom. The van der Waals surface area contributed by atoms with Crippen molar-refractivity contribution in [1.29, 1.82) is 0 Å². The largest absolute Gasteiger partial charge is 0.464 e. The summed E-state index contributed by atoms with van der Waals surface area (Å²) < 4.78 is 5.53. The number of benzene rings is 1. The molecule has 0 radical (unpaired) electrons. The summed E-state index contributed by atoms with van der Waals surface area (Å²) in [6.07, 6.45) is 1.12. The first kappa shape index (κ1) is 17.3. The van der Waals surface area contributed by atoms with Gasteiger partial charge in [0.25, 0.3) is 0 Å². The molecule has 1 atom stereocenters. The highest BCUT2D eigenvalue weighted by molar-refractivity contribution is 5.89. The third-order valence-electron chi connectivity index (χ3n) is 4.64. The number of hydrogen-bond acceptors (Lipinski definition) is 3. The Morgan fingerprint density at radius 2 is 2.00 bits per heavy atom. The summed E-state index contributed by atoms with van der Waals surface area (Å²) in [5.41, 5.74) is 1.20. The van der Waals surface area contributed by atoms with Crippen molar-refractivity contribution < 1.29 is 14.0 Å². The van der Waals surface area contributed by atoms with Crippen LogP contribution in [0, 0.1) is 12.8 Å². The SMILES string of the molecule is Cc1ccc(CN(C)C(=O)C2CC(=O)N(CCc3ccccc3)C2)o1. The monoisotopic (exact) mass is 340 g/mol. The van der Waals surface area contributed by atoms with Gasteiger partial charge in [0.15, 0.2) is 0 Å². The minimum atomic E-state index is -0.260. The molecule has 1 aromatic heterocycles. The second-order valence-electron chi connectivity index (χ2n) is 6.68. The van der Waals surface area contributed by atoms with Gasteiger partial charge in [-0.1, -0.05) is 30.3 Å². The van der Waals surface area contributed by atoms with E-state index in [4.69, 9.17) is 4.42 Å². The van der Waals surface area contributed by atoms with Crippen LogP contribution in [0.4, 0.5) is 0 Å². The number of aryl methyl sites for hydroxylation is 1. The predicted octanol–water partition coefficient (Wildman–Crippen LogP) is 2.64. The van der Waals surface area contributed by atoms with Crippen LogP contribution in [0.25, 0.3) is 0 Å². The van der Waals surface area contributed by atoms with E-state index in [1.807, 2.05) is 37.3 Å². The molecule has 132 valence electrons. The Labute approximate surface area is 148 Å². The van der Waals surface area contributed by atoms with Gasteiger partial charge in [0, 0.05) is 26.6 Å². The standard InChI is InChI=1S/C20H24N2O3/c1-15-8-9-18(25-15)14-21(2)20(24)17-12-19(23)22(13-17)11-10-16-6-4-3-5-7-16/h3-9,17H,10-14H2,1-2H3. The molecule has 0 N–H and O–H groups in total. The topological polar surface area (TPSA) is 53.8 Å². The third kappa shape index (κ3) is 4.29. The Morgan fingerprint density at radius 3 is 2.68 bits per heavy atom. The van der Waals surface area contributed by atoms with Gasteiger partial charge in [-0.15, -0.1) is 0 Å². The molecule has 2 heterocycles. The number of hydrogen-bond donors (Lipinski definition) is 0. The smallest absolute Gasteiger partial charge is 0.228 e. The van der Waals surface area contributed by atoms with Gasteiger partial charge >= 0.3 is 0 Å². The molecule has 25 heavy (non-hydrogen) atoms. The summed E-state index contributed by atoms with van der Waals surface area (Å²) >= 11 is 0. The van der Waals surface area contributed by atoms with Crippen LogP contribution in [-0.2, 0) is 22.6 Å². The molecule has 0 spiro atoms. The zero-order chi connectivity index (χ0) is 17.8. The maximum Gasteiger partial charge on any atom is 0.228 e. The first-order valence-corrected chi connectivity index (χ1v) is 8.65. The molecule has 3 rings (SSSR count). The highest BCUT2D eigenvalue weighted by atomic mass is 16.3. The molecule has 5 heteroatoms. The van der Waals surface area contributed by atoms with E-state index in [0.29, 0.717) is 26.1 Å². The van der Waals surface area contributed by atoms with Gasteiger partial charge in [0.1, 0.15) is 11.5 Å². The fourth-order valence-electron chi connectivity index (χ4n) is 3.26. The van der Waals surface area contributed by atoms with Crippen LogP contribution in [0.1, 0.15) is 23.5 Å². The average Bonchev–Trinajstić information content (AvgIpc) is 3.18. The van der Waals surface area contributed by atoms with Crippen molar-refractivity contribution in [3.05, 3.63) is 59.5 Å². The van der Waals surface area contributed by atoms with Crippen LogP contribution in [-0.4, -0.2) is 41.8 Å². The van der Waals surface area contributed by atoms with Crippen LogP contribution in [0.2, 0.25) is 0 Å². The van der Waals surface area contributed by atoms with Crippen molar-refractivity contribution in [1.82, 2.24) is 9.80 Å². The van der Waals surface area contributed by atoms with Gasteiger partial charge in [-0.25, -0.2) is 0 Å². The van der Waals surface area contributed by atoms with E-state index in [1.165, 1.54) is 5.56 Å². The predicted molar refractivity (Wildman–Crippen MR) is 94.8 cm³/mol. The van der Waals surface area contributed by atoms with E-state index >= 15 is 0 Å². The summed E-state index contributed by atoms with van der Waals surface area (Å²) in [6.45, 7) is 3.48. The second kappa shape index (κ2) is 7.55. The van der Waals surface area contributed by atoms with Gasteiger partial charge < -0.3 is 14.2 Å². The van der Waals surface area contributed by atoms with Crippen LogP contribution in [0.5, 0.6) is 0 Å². The number of amides is 2. The molecular formula is C20H24N2O3. The molecule has 1 aliphatic heterocycles. The van der Waals surface area contributed by atoms with Crippen LogP contribution in [0.15, 0.2) is 46.9 Å². The van der Waals surface area contributed by atoms with Gasteiger partial charge in [0.2, 0.25) is 11.8 Å². The number of carbonyl (C=O) groups excluding carboxylic acids is 2. The summed E-state index contributed by atoms with van der Waals surface area (Å²) in [4.78, 5) is 28.3. The fourth-order valence-corrected chi connectivity index (χ4v) is 3.26. The number of nitrogens with zero attached hydrogens (tertiary/aromatic N) is 2. The van der Waals surface area contributed by atoms with Gasteiger partial charge in [-0.3, -0.25) is 9.59 Å². The maximum atomic E-state index is 12.6. The van der Waals surface area contributed by atoms with Gasteiger partial charge in [-0.2, -0.15) is 0 Å². The highest BCUT2D eigenvalue weighted by Crippen LogP contribution is 2.21. The Hall–Kier alpha value is -2.56. The summed E-state index contributed by atoms with van der Waals surface area (Å²) in [6, 6.07) is 13.9. The molecule has 1 aromatic carbocycles. The van der Waals surface area contributed by atoms with E-state index < -0.39 is 0 Å². The van der Waals surface area contributed by atoms with E-state index in [2.05, 4.69) is 12.1 Å². The third-order valence-corrected chi connectivity index (χ3v) is 4.64. The molecule has 2 aromatic rings. The van der Waals surface area contributed by atoms with Gasteiger partial charge in [0.05, 0.1) is 12.5 Å². The number of furan rings is 1. The van der Waals surface area contributed by atoms with Crippen molar-refractivity contribution in [3.63, 3.8) is 0 Å². The minimum absolute atomic E-state index is 0.00427. The van der Waals surface area contributed by atoms with Crippen LogP contribution < -0.4 is 0 Å². The molecule has 0 aliphatic carbocycles. The lowest BCUT2D eigenvalue weighted by atomic mass is 10.1. The van der Waals surface area contributed by atoms with Crippen LogP contribution in [0.3, 0.4) is 0 Å². The Kier molecular flexibility index (Phi) is 5.22. The summed E-state index contributed by atoms with van der Waals surface area (Å²) in [5.74, 6) is 1.41. The lowest BCUT2D eigenvalue weighted by Gasteiger charge is -2.20. The fraction of sp³-hybridized carbons (Fsp3) is 0.400. The molecule has 0 bridgehead atoms. The summed E-state index contributed by atoms with van der Waals surface area (Å²) in [5, 5.41) is 0. The number of rotatable bonds is 6. The zero-order valence-electron chi connectivity index (χ0n) is 14.8. The van der Waals surface area contributed by atoms with Crippen molar-refractivity contribution in [3.8, 4) is 0 Å². The van der Waals surface area contributed by atoms with E-state index in [1.54, 1.807) is 16.8 Å². The van der Waals surface area contributed by atoms with Crippen molar-refractivity contribution in [2.75, 3.05) is 20.1 Å². The number of likely N-dealkylation sites (tertiary alicyclic amines) is 1. The molecular weight excluding hydrogens is 316 g/mol. The van der Waals surface area contributed by atoms with Crippen molar-refractivity contribution >= 4 is 11.8 Å². The zero-order valence-corrected chi connectivity index (χ0v) is 14.8. The van der Waals surface area contributed by atoms with E-state index in [0.717, 1.165) is 17.9 Å². The van der Waals surface area contributed by atoms with Crippen molar-refractivity contribution in [2.24, 2.45) is 5.92 Å². The molecule has 1 saturated heterocycles. The lowest BCUT2D eigenvalue weighted by molar-refractivity contribution is -0.135. The van der Waals surface area contributed by atoms with Gasteiger partial charge in [-0.05, 0) is 31.0 Å². The van der Waals surface area contributed by atoms with E-state index in [-0.39, 0.29) is 17.7 Å². The first-order valence-electron chi connectivity index (χ1n) is 8.65. The molecule has 0 saturated carbocycles. The Balaban J connectivity index is 1.53. The molecule has 1 unspecified atom stereocenters. The molecule has 1 fully saturated rings. The normalized spacial score (nSPS) is 17.1. The first-order chi connectivity index (χ1) is 12.0. The molecule has 5 nitrogen and oxygen atoms in total. The minimum Gasteiger partial charge on any atom is -0.464 e. The average molecular weight is 340 g/mol. The lowest BCUT2D eigenvalue weighted by Crippen LogP contribution is -2.34. The Bertz CT molecular complexity index is 738. The number of carbonyl (C=O) groups is 2. The molecule has 1 aliphatic rings. The molecule has 2 amide bonds. The van der Waals surface area contributed by atoms with Crippen LogP contribution >= 0.6 is 0 Å².